The van der Waals surface area contributed by atoms with E-state index >= 15 is 0 Å². The first-order valence-corrected chi connectivity index (χ1v) is 7.82. The average Bonchev–Trinajstić information content (AvgIpc) is 3.00. The fourth-order valence-corrected chi connectivity index (χ4v) is 2.63. The van der Waals surface area contributed by atoms with E-state index in [4.69, 9.17) is 5.73 Å². The third-order valence-corrected chi connectivity index (χ3v) is 4.11. The molecule has 1 aliphatic rings. The van der Waals surface area contributed by atoms with Crippen LogP contribution in [0.25, 0.3) is 0 Å². The number of carbonyl (C=O) groups excluding carboxylic acids is 1. The van der Waals surface area contributed by atoms with Crippen molar-refractivity contribution in [3.05, 3.63) is 12.4 Å². The minimum Gasteiger partial charge on any atom is -0.373 e. The molecule has 1 aliphatic heterocycles. The van der Waals surface area contributed by atoms with Gasteiger partial charge in [0, 0.05) is 32.2 Å². The van der Waals surface area contributed by atoms with Crippen LogP contribution in [0.2, 0.25) is 0 Å². The zero-order valence-corrected chi connectivity index (χ0v) is 13.5. The fraction of sp³-hybridized carbons (Fsp3) is 0.667. The van der Waals surface area contributed by atoms with Crippen LogP contribution in [0, 0.1) is 5.92 Å². The van der Waals surface area contributed by atoms with Crippen molar-refractivity contribution >= 4 is 17.5 Å². The van der Waals surface area contributed by atoms with Crippen molar-refractivity contribution in [1.82, 2.24) is 15.3 Å². The van der Waals surface area contributed by atoms with Crippen LogP contribution in [0.5, 0.6) is 0 Å². The minimum absolute atomic E-state index is 0.0829. The highest BCUT2D eigenvalue weighted by atomic mass is 16.2. The van der Waals surface area contributed by atoms with Gasteiger partial charge in [-0.05, 0) is 18.8 Å². The molecule has 2 heterocycles. The number of nitrogens with one attached hydrogen (secondary N) is 2. The summed E-state index contributed by atoms with van der Waals surface area (Å²) in [4.78, 5) is 22.7. The highest BCUT2D eigenvalue weighted by Gasteiger charge is 2.27. The molecule has 1 amide bonds. The standard InChI is InChI=1S/C15H26N6O/c1-10(2)14(16)15(22)18-8-11-5-4-6-21(11)13-7-12(17-3)19-9-20-13/h7,9-11,14H,4-6,8,16H2,1-3H3,(H,18,22)(H,17,19,20)/t11?,14-/m0/s1. The highest BCUT2D eigenvalue weighted by molar-refractivity contribution is 5.81. The van der Waals surface area contributed by atoms with Gasteiger partial charge < -0.3 is 21.3 Å². The Hall–Kier alpha value is -1.89. The fourth-order valence-electron chi connectivity index (χ4n) is 2.63. The number of hydrogen-bond acceptors (Lipinski definition) is 6. The first-order valence-electron chi connectivity index (χ1n) is 7.82. The molecule has 0 bridgehead atoms. The first-order chi connectivity index (χ1) is 10.5. The molecule has 7 heteroatoms. The molecule has 0 radical (unpaired) electrons. The molecule has 4 N–H and O–H groups in total. The second kappa shape index (κ2) is 7.40. The monoisotopic (exact) mass is 306 g/mol. The van der Waals surface area contributed by atoms with Crippen molar-refractivity contribution in [2.45, 2.75) is 38.8 Å². The number of anilines is 2. The second-order valence-corrected chi connectivity index (χ2v) is 6.02. The molecule has 1 unspecified atom stereocenters. The van der Waals surface area contributed by atoms with Crippen molar-refractivity contribution in [3.63, 3.8) is 0 Å². The molecule has 22 heavy (non-hydrogen) atoms. The van der Waals surface area contributed by atoms with Crippen molar-refractivity contribution in [3.8, 4) is 0 Å². The Morgan fingerprint density at radius 2 is 2.27 bits per heavy atom. The third kappa shape index (κ3) is 3.85. The molecule has 0 saturated carbocycles. The van der Waals surface area contributed by atoms with E-state index < -0.39 is 6.04 Å². The van der Waals surface area contributed by atoms with E-state index in [0.29, 0.717) is 6.54 Å². The van der Waals surface area contributed by atoms with E-state index in [0.717, 1.165) is 31.0 Å². The van der Waals surface area contributed by atoms with Crippen molar-refractivity contribution < 1.29 is 4.79 Å². The quantitative estimate of drug-likeness (QED) is 0.712. The van der Waals surface area contributed by atoms with Gasteiger partial charge in [0.1, 0.15) is 18.0 Å². The SMILES string of the molecule is CNc1cc(N2CCCC2CNC(=O)[C@@H](N)C(C)C)ncn1. The maximum atomic E-state index is 12.0. The van der Waals surface area contributed by atoms with E-state index in [-0.39, 0.29) is 17.9 Å². The van der Waals surface area contributed by atoms with Gasteiger partial charge >= 0.3 is 0 Å². The lowest BCUT2D eigenvalue weighted by molar-refractivity contribution is -0.123. The Morgan fingerprint density at radius 3 is 2.95 bits per heavy atom. The zero-order valence-electron chi connectivity index (χ0n) is 13.5. The summed E-state index contributed by atoms with van der Waals surface area (Å²) in [6.07, 6.45) is 3.69. The van der Waals surface area contributed by atoms with E-state index in [9.17, 15) is 4.79 Å². The van der Waals surface area contributed by atoms with Crippen molar-refractivity contribution in [2.24, 2.45) is 11.7 Å². The van der Waals surface area contributed by atoms with Crippen LogP contribution >= 0.6 is 0 Å². The van der Waals surface area contributed by atoms with Gasteiger partial charge in [0.25, 0.3) is 0 Å². The molecule has 7 nitrogen and oxygen atoms in total. The summed E-state index contributed by atoms with van der Waals surface area (Å²) in [5.41, 5.74) is 5.87. The number of carbonyl (C=O) groups is 1. The molecule has 0 spiro atoms. The van der Waals surface area contributed by atoms with Crippen molar-refractivity contribution in [1.29, 1.82) is 0 Å². The Bertz CT molecular complexity index is 507. The van der Waals surface area contributed by atoms with Crippen LogP contribution in [0.3, 0.4) is 0 Å². The summed E-state index contributed by atoms with van der Waals surface area (Å²) >= 11 is 0. The maximum Gasteiger partial charge on any atom is 0.237 e. The molecule has 1 aromatic heterocycles. The number of nitrogens with two attached hydrogens (primary N) is 1. The van der Waals surface area contributed by atoms with Gasteiger partial charge in [-0.3, -0.25) is 4.79 Å². The van der Waals surface area contributed by atoms with Crippen molar-refractivity contribution in [2.75, 3.05) is 30.4 Å². The summed E-state index contributed by atoms with van der Waals surface area (Å²) in [7, 11) is 1.83. The van der Waals surface area contributed by atoms with Crippen LogP contribution in [0.15, 0.2) is 12.4 Å². The second-order valence-electron chi connectivity index (χ2n) is 6.02. The van der Waals surface area contributed by atoms with Gasteiger partial charge in [0.2, 0.25) is 5.91 Å². The Labute approximate surface area is 131 Å². The lowest BCUT2D eigenvalue weighted by Gasteiger charge is -2.27. The molecule has 1 aromatic rings. The average molecular weight is 306 g/mol. The zero-order chi connectivity index (χ0) is 16.1. The molecular formula is C15H26N6O. The predicted molar refractivity (Wildman–Crippen MR) is 87.8 cm³/mol. The number of nitrogens with zero attached hydrogens (tertiary/aromatic N) is 3. The smallest absolute Gasteiger partial charge is 0.237 e. The molecule has 2 atom stereocenters. The lowest BCUT2D eigenvalue weighted by atomic mass is 10.0. The Kier molecular flexibility index (Phi) is 5.54. The number of rotatable bonds is 6. The van der Waals surface area contributed by atoms with Crippen LogP contribution in [0.4, 0.5) is 11.6 Å². The minimum atomic E-state index is -0.454. The van der Waals surface area contributed by atoms with Crippen LogP contribution < -0.4 is 21.3 Å². The van der Waals surface area contributed by atoms with Crippen LogP contribution in [-0.4, -0.2) is 48.1 Å². The predicted octanol–water partition coefficient (Wildman–Crippen LogP) is 0.587. The van der Waals surface area contributed by atoms with Gasteiger partial charge in [0.15, 0.2) is 0 Å². The highest BCUT2D eigenvalue weighted by Crippen LogP contribution is 2.24. The van der Waals surface area contributed by atoms with Crippen LogP contribution in [0.1, 0.15) is 26.7 Å². The van der Waals surface area contributed by atoms with E-state index in [1.807, 2.05) is 27.0 Å². The number of hydrogen-bond donors (Lipinski definition) is 3. The summed E-state index contributed by atoms with van der Waals surface area (Å²) < 4.78 is 0. The number of aromatic nitrogens is 2. The topological polar surface area (TPSA) is 96.2 Å². The summed E-state index contributed by atoms with van der Waals surface area (Å²) in [5, 5.41) is 5.99. The van der Waals surface area contributed by atoms with E-state index in [1.165, 1.54) is 0 Å². The van der Waals surface area contributed by atoms with Gasteiger partial charge in [-0.2, -0.15) is 0 Å². The molecule has 1 fully saturated rings. The molecule has 2 rings (SSSR count). The van der Waals surface area contributed by atoms with Gasteiger partial charge in [-0.1, -0.05) is 13.8 Å². The van der Waals surface area contributed by atoms with Crippen LogP contribution in [-0.2, 0) is 4.79 Å². The summed E-state index contributed by atoms with van der Waals surface area (Å²) in [6.45, 7) is 5.44. The maximum absolute atomic E-state index is 12.0. The Morgan fingerprint density at radius 1 is 1.50 bits per heavy atom. The molecule has 0 aliphatic carbocycles. The Balaban J connectivity index is 1.97. The van der Waals surface area contributed by atoms with E-state index in [1.54, 1.807) is 6.33 Å². The summed E-state index contributed by atoms with van der Waals surface area (Å²) in [6, 6.07) is 1.73. The lowest BCUT2D eigenvalue weighted by Crippen LogP contribution is -2.48. The normalized spacial score (nSPS) is 19.3. The molecular weight excluding hydrogens is 280 g/mol. The first kappa shape index (κ1) is 16.5. The van der Waals surface area contributed by atoms with Gasteiger partial charge in [-0.15, -0.1) is 0 Å². The molecule has 0 aromatic carbocycles. The third-order valence-electron chi connectivity index (χ3n) is 4.11. The van der Waals surface area contributed by atoms with Gasteiger partial charge in [-0.25, -0.2) is 9.97 Å². The molecule has 122 valence electrons. The largest absolute Gasteiger partial charge is 0.373 e. The molecule has 1 saturated heterocycles. The van der Waals surface area contributed by atoms with Gasteiger partial charge in [0.05, 0.1) is 6.04 Å². The number of amides is 1. The van der Waals surface area contributed by atoms with E-state index in [2.05, 4.69) is 25.5 Å². The summed E-state index contributed by atoms with van der Waals surface area (Å²) in [5.74, 6) is 1.74.